The van der Waals surface area contributed by atoms with Crippen LogP contribution in [0.3, 0.4) is 0 Å². The van der Waals surface area contributed by atoms with Gasteiger partial charge in [0, 0.05) is 38.8 Å². The van der Waals surface area contributed by atoms with Gasteiger partial charge >= 0.3 is 6.03 Å². The summed E-state index contributed by atoms with van der Waals surface area (Å²) >= 11 is 0. The molecule has 0 aromatic heterocycles. The van der Waals surface area contributed by atoms with Gasteiger partial charge in [0.1, 0.15) is 0 Å². The molecule has 1 aromatic rings. The molecule has 118 valence electrons. The van der Waals surface area contributed by atoms with E-state index in [1.165, 1.54) is 18.4 Å². The molecule has 4 nitrogen and oxygen atoms in total. The van der Waals surface area contributed by atoms with Crippen LogP contribution in [0.2, 0.25) is 0 Å². The molecule has 1 atom stereocenters. The number of likely N-dealkylation sites (tertiary alicyclic amines) is 1. The van der Waals surface area contributed by atoms with Crippen LogP contribution in [0.15, 0.2) is 30.3 Å². The molecule has 0 bridgehead atoms. The Labute approximate surface area is 132 Å². The number of urea groups is 1. The van der Waals surface area contributed by atoms with Crippen molar-refractivity contribution in [3.63, 3.8) is 0 Å². The Morgan fingerprint density at radius 2 is 1.68 bits per heavy atom. The lowest BCUT2D eigenvalue weighted by molar-refractivity contribution is 0.126. The molecule has 0 N–H and O–H groups in total. The van der Waals surface area contributed by atoms with Gasteiger partial charge < -0.3 is 9.80 Å². The van der Waals surface area contributed by atoms with Crippen LogP contribution in [0.1, 0.15) is 31.2 Å². The third-order valence-electron chi connectivity index (χ3n) is 5.52. The molecule has 3 aliphatic rings. The minimum atomic E-state index is 0.309. The lowest BCUT2D eigenvalue weighted by Gasteiger charge is -2.36. The average Bonchev–Trinajstić information content (AvgIpc) is 3.13. The Bertz CT molecular complexity index is 524. The van der Waals surface area contributed by atoms with Crippen molar-refractivity contribution in [3.05, 3.63) is 35.9 Å². The number of hydrogen-bond acceptors (Lipinski definition) is 2. The molecule has 0 unspecified atom stereocenters. The number of hydrogen-bond donors (Lipinski definition) is 0. The fourth-order valence-electron chi connectivity index (χ4n) is 4.28. The number of nitrogens with zero attached hydrogens (tertiary/aromatic N) is 3. The van der Waals surface area contributed by atoms with Crippen molar-refractivity contribution < 1.29 is 4.79 Å². The summed E-state index contributed by atoms with van der Waals surface area (Å²) in [6.45, 7) is 5.20. The SMILES string of the molecule is O=C1N(C2CCN(Cc3ccccc3)CC2)C[C@@H]2CCCN12. The van der Waals surface area contributed by atoms with E-state index in [9.17, 15) is 4.79 Å². The Hall–Kier alpha value is -1.55. The van der Waals surface area contributed by atoms with E-state index >= 15 is 0 Å². The molecule has 1 aromatic carbocycles. The fourth-order valence-corrected chi connectivity index (χ4v) is 4.28. The lowest BCUT2D eigenvalue weighted by atomic mass is 10.0. The first kappa shape index (κ1) is 14.1. The number of benzene rings is 1. The van der Waals surface area contributed by atoms with E-state index in [4.69, 9.17) is 0 Å². The summed E-state index contributed by atoms with van der Waals surface area (Å²) in [5.41, 5.74) is 1.39. The maximum Gasteiger partial charge on any atom is 0.320 e. The second kappa shape index (κ2) is 5.92. The first-order chi connectivity index (χ1) is 10.8. The Balaban J connectivity index is 1.32. The van der Waals surface area contributed by atoms with Gasteiger partial charge in [-0.05, 0) is 31.2 Å². The molecule has 4 heteroatoms. The van der Waals surface area contributed by atoms with Crippen LogP contribution >= 0.6 is 0 Å². The van der Waals surface area contributed by atoms with Crippen LogP contribution in [0.25, 0.3) is 0 Å². The molecule has 0 spiro atoms. The van der Waals surface area contributed by atoms with Gasteiger partial charge in [0.25, 0.3) is 0 Å². The molecule has 3 saturated heterocycles. The highest BCUT2D eigenvalue weighted by molar-refractivity contribution is 5.78. The maximum absolute atomic E-state index is 12.5. The zero-order valence-corrected chi connectivity index (χ0v) is 13.2. The number of fused-ring (bicyclic) bond motifs is 1. The third kappa shape index (κ3) is 2.60. The predicted molar refractivity (Wildman–Crippen MR) is 86.6 cm³/mol. The van der Waals surface area contributed by atoms with Gasteiger partial charge in [0.2, 0.25) is 0 Å². The van der Waals surface area contributed by atoms with Crippen LogP contribution in [-0.2, 0) is 6.54 Å². The van der Waals surface area contributed by atoms with E-state index in [1.54, 1.807) is 0 Å². The zero-order valence-electron chi connectivity index (χ0n) is 13.2. The normalized spacial score (nSPS) is 26.7. The first-order valence-corrected chi connectivity index (χ1v) is 8.65. The summed E-state index contributed by atoms with van der Waals surface area (Å²) in [6, 6.07) is 12.0. The van der Waals surface area contributed by atoms with Crippen LogP contribution in [-0.4, -0.2) is 59.0 Å². The van der Waals surface area contributed by atoms with E-state index in [2.05, 4.69) is 45.0 Å². The molecular weight excluding hydrogens is 274 g/mol. The Kier molecular flexibility index (Phi) is 3.78. The van der Waals surface area contributed by atoms with Crippen LogP contribution < -0.4 is 0 Å². The zero-order chi connectivity index (χ0) is 14.9. The largest absolute Gasteiger partial charge is 0.320 e. The lowest BCUT2D eigenvalue weighted by Crippen LogP contribution is -2.46. The predicted octanol–water partition coefficient (Wildman–Crippen LogP) is 2.55. The van der Waals surface area contributed by atoms with Gasteiger partial charge in [0.05, 0.1) is 6.04 Å². The summed E-state index contributed by atoms with van der Waals surface area (Å²) in [5, 5.41) is 0. The standard InChI is InChI=1S/C18H25N3O/c22-18-20-10-4-7-17(20)14-21(18)16-8-11-19(12-9-16)13-15-5-2-1-3-6-15/h1-3,5-6,16-17H,4,7-14H2/t17-/m0/s1. The molecule has 0 saturated carbocycles. The van der Waals surface area contributed by atoms with Crippen molar-refractivity contribution in [2.24, 2.45) is 0 Å². The van der Waals surface area contributed by atoms with Crippen molar-refractivity contribution >= 4 is 6.03 Å². The van der Waals surface area contributed by atoms with Crippen molar-refractivity contribution in [1.82, 2.24) is 14.7 Å². The van der Waals surface area contributed by atoms with Gasteiger partial charge in [0.15, 0.2) is 0 Å². The smallest absolute Gasteiger partial charge is 0.320 e. The molecule has 22 heavy (non-hydrogen) atoms. The quantitative estimate of drug-likeness (QED) is 0.857. The van der Waals surface area contributed by atoms with E-state index in [1.807, 2.05) is 0 Å². The highest BCUT2D eigenvalue weighted by Gasteiger charge is 2.43. The second-order valence-electron chi connectivity index (χ2n) is 6.92. The van der Waals surface area contributed by atoms with Gasteiger partial charge in [-0.1, -0.05) is 30.3 Å². The summed E-state index contributed by atoms with van der Waals surface area (Å²) in [7, 11) is 0. The van der Waals surface area contributed by atoms with Crippen molar-refractivity contribution in [1.29, 1.82) is 0 Å². The number of amides is 2. The van der Waals surface area contributed by atoms with Gasteiger partial charge in [-0.3, -0.25) is 4.90 Å². The van der Waals surface area contributed by atoms with E-state index in [0.29, 0.717) is 18.1 Å². The first-order valence-electron chi connectivity index (χ1n) is 8.65. The molecule has 0 radical (unpaired) electrons. The summed E-state index contributed by atoms with van der Waals surface area (Å²) < 4.78 is 0. The van der Waals surface area contributed by atoms with Gasteiger partial charge in [-0.15, -0.1) is 0 Å². The molecule has 3 heterocycles. The van der Waals surface area contributed by atoms with Crippen molar-refractivity contribution in [3.8, 4) is 0 Å². The maximum atomic E-state index is 12.5. The van der Waals surface area contributed by atoms with Crippen LogP contribution in [0.5, 0.6) is 0 Å². The molecule has 2 amide bonds. The monoisotopic (exact) mass is 299 g/mol. The van der Waals surface area contributed by atoms with Crippen LogP contribution in [0.4, 0.5) is 4.79 Å². The van der Waals surface area contributed by atoms with Crippen molar-refractivity contribution in [2.75, 3.05) is 26.2 Å². The van der Waals surface area contributed by atoms with Crippen molar-refractivity contribution in [2.45, 2.75) is 44.3 Å². The number of carbonyl (C=O) groups is 1. The number of carbonyl (C=O) groups excluding carboxylic acids is 1. The molecule has 3 fully saturated rings. The van der Waals surface area contributed by atoms with E-state index in [-0.39, 0.29) is 0 Å². The molecule has 4 rings (SSSR count). The van der Waals surface area contributed by atoms with Crippen LogP contribution in [0, 0.1) is 0 Å². The molecule has 0 aliphatic carbocycles. The third-order valence-corrected chi connectivity index (χ3v) is 5.52. The van der Waals surface area contributed by atoms with E-state index < -0.39 is 0 Å². The summed E-state index contributed by atoms with van der Waals surface area (Å²) in [5.74, 6) is 0. The topological polar surface area (TPSA) is 26.8 Å². The molecular formula is C18H25N3O. The molecule has 3 aliphatic heterocycles. The fraction of sp³-hybridized carbons (Fsp3) is 0.611. The number of piperidine rings is 1. The second-order valence-corrected chi connectivity index (χ2v) is 6.92. The minimum absolute atomic E-state index is 0.309. The summed E-state index contributed by atoms with van der Waals surface area (Å²) in [6.07, 6.45) is 4.65. The van der Waals surface area contributed by atoms with Gasteiger partial charge in [-0.2, -0.15) is 0 Å². The number of rotatable bonds is 3. The Morgan fingerprint density at radius 3 is 2.41 bits per heavy atom. The minimum Gasteiger partial charge on any atom is -0.320 e. The highest BCUT2D eigenvalue weighted by Crippen LogP contribution is 2.30. The van der Waals surface area contributed by atoms with E-state index in [0.717, 1.165) is 45.6 Å². The van der Waals surface area contributed by atoms with Gasteiger partial charge in [-0.25, -0.2) is 4.79 Å². The Morgan fingerprint density at radius 1 is 0.909 bits per heavy atom. The highest BCUT2D eigenvalue weighted by atomic mass is 16.2. The summed E-state index contributed by atoms with van der Waals surface area (Å²) in [4.78, 5) is 19.3. The average molecular weight is 299 g/mol.